The maximum absolute atomic E-state index is 12.4. The predicted octanol–water partition coefficient (Wildman–Crippen LogP) is 3.32. The first-order valence-electron chi connectivity index (χ1n) is 9.87. The van der Waals surface area contributed by atoms with Crippen LogP contribution < -0.4 is 10.6 Å². The summed E-state index contributed by atoms with van der Waals surface area (Å²) >= 11 is 0. The number of nitrogens with zero attached hydrogens (tertiary/aromatic N) is 2. The molecule has 2 aromatic carbocycles. The third-order valence-corrected chi connectivity index (χ3v) is 4.86. The number of benzene rings is 2. The van der Waals surface area contributed by atoms with E-state index in [4.69, 9.17) is 0 Å². The highest BCUT2D eigenvalue weighted by molar-refractivity contribution is 5.95. The molecule has 0 saturated heterocycles. The van der Waals surface area contributed by atoms with Gasteiger partial charge in [-0.2, -0.15) is 5.10 Å². The molecule has 0 radical (unpaired) electrons. The van der Waals surface area contributed by atoms with Crippen LogP contribution in [0.15, 0.2) is 66.7 Å². The quantitative estimate of drug-likeness (QED) is 0.595. The molecule has 0 saturated carbocycles. The van der Waals surface area contributed by atoms with Crippen molar-refractivity contribution in [3.05, 3.63) is 89.3 Å². The van der Waals surface area contributed by atoms with Crippen LogP contribution in [0.2, 0.25) is 0 Å². The van der Waals surface area contributed by atoms with Crippen LogP contribution in [-0.4, -0.2) is 27.6 Å². The zero-order valence-electron chi connectivity index (χ0n) is 17.4. The average Bonchev–Trinajstić information content (AvgIpc) is 3.05. The van der Waals surface area contributed by atoms with Crippen molar-refractivity contribution in [2.24, 2.45) is 0 Å². The molecular weight excluding hydrogens is 376 g/mol. The smallest absolute Gasteiger partial charge is 0.244 e. The Balaban J connectivity index is 1.57. The summed E-state index contributed by atoms with van der Waals surface area (Å²) in [4.78, 5) is 24.5. The normalized spacial score (nSPS) is 12.0. The summed E-state index contributed by atoms with van der Waals surface area (Å²) in [5.74, 6) is -0.562. The number of nitrogens with one attached hydrogen (secondary N) is 2. The number of para-hydroxylation sites is 1. The van der Waals surface area contributed by atoms with E-state index in [0.29, 0.717) is 6.54 Å². The summed E-state index contributed by atoms with van der Waals surface area (Å²) in [7, 11) is 0. The standard InChI is InChI=1S/C24H26N4O2/c1-17-22(19(3)28(27-17)21-12-8-5-9-13-21)16-25-24(30)18(2)26-23(29)15-14-20-10-6-4-7-11-20/h4-15,18H,16H2,1-3H3,(H,25,30)(H,26,29)/b15-14+. The average molecular weight is 402 g/mol. The second-order valence-electron chi connectivity index (χ2n) is 7.09. The van der Waals surface area contributed by atoms with Gasteiger partial charge in [0, 0.05) is 23.9 Å². The summed E-state index contributed by atoms with van der Waals surface area (Å²) in [6, 6.07) is 18.7. The van der Waals surface area contributed by atoms with Gasteiger partial charge in [-0.15, -0.1) is 0 Å². The molecule has 1 aromatic heterocycles. The molecule has 2 amide bonds. The first kappa shape index (κ1) is 21.0. The van der Waals surface area contributed by atoms with E-state index in [1.165, 1.54) is 6.08 Å². The minimum absolute atomic E-state index is 0.247. The molecule has 0 aliphatic rings. The van der Waals surface area contributed by atoms with Crippen molar-refractivity contribution >= 4 is 17.9 Å². The Kier molecular flexibility index (Phi) is 6.80. The Morgan fingerprint density at radius 3 is 2.33 bits per heavy atom. The number of carbonyl (C=O) groups excluding carboxylic acids is 2. The molecule has 2 N–H and O–H groups in total. The van der Waals surface area contributed by atoms with Crippen molar-refractivity contribution in [2.75, 3.05) is 0 Å². The van der Waals surface area contributed by atoms with E-state index in [-0.39, 0.29) is 11.8 Å². The lowest BCUT2D eigenvalue weighted by molar-refractivity contribution is -0.126. The molecule has 6 nitrogen and oxygen atoms in total. The third-order valence-electron chi connectivity index (χ3n) is 4.86. The van der Waals surface area contributed by atoms with Crippen molar-refractivity contribution in [1.29, 1.82) is 0 Å². The van der Waals surface area contributed by atoms with Crippen LogP contribution >= 0.6 is 0 Å². The van der Waals surface area contributed by atoms with Gasteiger partial charge in [0.25, 0.3) is 0 Å². The number of carbonyl (C=O) groups is 2. The summed E-state index contributed by atoms with van der Waals surface area (Å²) in [5.41, 5.74) is 4.70. The van der Waals surface area contributed by atoms with Gasteiger partial charge in [-0.25, -0.2) is 4.68 Å². The first-order valence-corrected chi connectivity index (χ1v) is 9.87. The maximum atomic E-state index is 12.4. The predicted molar refractivity (Wildman–Crippen MR) is 118 cm³/mol. The van der Waals surface area contributed by atoms with E-state index in [2.05, 4.69) is 15.7 Å². The van der Waals surface area contributed by atoms with Crippen molar-refractivity contribution in [2.45, 2.75) is 33.4 Å². The van der Waals surface area contributed by atoms with Gasteiger partial charge in [0.1, 0.15) is 6.04 Å². The van der Waals surface area contributed by atoms with Crippen molar-refractivity contribution in [3.8, 4) is 5.69 Å². The lowest BCUT2D eigenvalue weighted by atomic mass is 10.2. The van der Waals surface area contributed by atoms with Crippen molar-refractivity contribution in [1.82, 2.24) is 20.4 Å². The Morgan fingerprint density at radius 2 is 1.67 bits per heavy atom. The van der Waals surface area contributed by atoms with E-state index >= 15 is 0 Å². The Morgan fingerprint density at radius 1 is 1.03 bits per heavy atom. The van der Waals surface area contributed by atoms with Crippen LogP contribution in [0, 0.1) is 13.8 Å². The maximum Gasteiger partial charge on any atom is 0.244 e. The van der Waals surface area contributed by atoms with Gasteiger partial charge >= 0.3 is 0 Å². The molecule has 1 unspecified atom stereocenters. The highest BCUT2D eigenvalue weighted by Crippen LogP contribution is 2.17. The van der Waals surface area contributed by atoms with E-state index in [1.807, 2.05) is 79.2 Å². The largest absolute Gasteiger partial charge is 0.350 e. The number of rotatable bonds is 7. The molecule has 0 fully saturated rings. The molecule has 0 bridgehead atoms. The summed E-state index contributed by atoms with van der Waals surface area (Å²) < 4.78 is 1.87. The number of hydrogen-bond donors (Lipinski definition) is 2. The van der Waals surface area contributed by atoms with Gasteiger partial charge in [0.15, 0.2) is 0 Å². The Hall–Kier alpha value is -3.67. The number of hydrogen-bond acceptors (Lipinski definition) is 3. The topological polar surface area (TPSA) is 76.0 Å². The van der Waals surface area contributed by atoms with Gasteiger partial charge in [-0.05, 0) is 44.5 Å². The molecule has 1 heterocycles. The van der Waals surface area contributed by atoms with Gasteiger partial charge in [-0.3, -0.25) is 9.59 Å². The fraction of sp³-hybridized carbons (Fsp3) is 0.208. The van der Waals surface area contributed by atoms with Crippen LogP contribution in [0.25, 0.3) is 11.8 Å². The Bertz CT molecular complexity index is 1040. The monoisotopic (exact) mass is 402 g/mol. The number of aromatic nitrogens is 2. The van der Waals surface area contributed by atoms with Crippen LogP contribution in [-0.2, 0) is 16.1 Å². The van der Waals surface area contributed by atoms with Crippen molar-refractivity contribution < 1.29 is 9.59 Å². The minimum atomic E-state index is -0.650. The van der Waals surface area contributed by atoms with E-state index in [0.717, 1.165) is 28.2 Å². The molecule has 3 rings (SSSR count). The van der Waals surface area contributed by atoms with E-state index in [1.54, 1.807) is 13.0 Å². The van der Waals surface area contributed by atoms with Crippen LogP contribution in [0.3, 0.4) is 0 Å². The SMILES string of the molecule is Cc1nn(-c2ccccc2)c(C)c1CNC(=O)C(C)NC(=O)/C=C/c1ccccc1. The molecule has 6 heteroatoms. The molecule has 0 spiro atoms. The van der Waals surface area contributed by atoms with E-state index in [9.17, 15) is 9.59 Å². The number of amides is 2. The molecule has 1 atom stereocenters. The van der Waals surface area contributed by atoms with Gasteiger partial charge < -0.3 is 10.6 Å². The molecule has 0 aliphatic carbocycles. The van der Waals surface area contributed by atoms with Crippen LogP contribution in [0.5, 0.6) is 0 Å². The second-order valence-corrected chi connectivity index (χ2v) is 7.09. The van der Waals surface area contributed by atoms with Crippen molar-refractivity contribution in [3.63, 3.8) is 0 Å². The number of aryl methyl sites for hydroxylation is 1. The lowest BCUT2D eigenvalue weighted by Crippen LogP contribution is -2.44. The van der Waals surface area contributed by atoms with Crippen LogP contribution in [0.1, 0.15) is 29.4 Å². The fourth-order valence-corrected chi connectivity index (χ4v) is 3.14. The lowest BCUT2D eigenvalue weighted by Gasteiger charge is -2.13. The molecule has 3 aromatic rings. The van der Waals surface area contributed by atoms with Gasteiger partial charge in [0.2, 0.25) is 11.8 Å². The summed E-state index contributed by atoms with van der Waals surface area (Å²) in [6.45, 7) is 5.92. The Labute approximate surface area is 176 Å². The highest BCUT2D eigenvalue weighted by atomic mass is 16.2. The highest BCUT2D eigenvalue weighted by Gasteiger charge is 2.17. The summed E-state index contributed by atoms with van der Waals surface area (Å²) in [6.07, 6.45) is 3.14. The zero-order chi connectivity index (χ0) is 21.5. The fourth-order valence-electron chi connectivity index (χ4n) is 3.14. The third kappa shape index (κ3) is 5.23. The minimum Gasteiger partial charge on any atom is -0.350 e. The second kappa shape index (κ2) is 9.69. The molecular formula is C24H26N4O2. The van der Waals surface area contributed by atoms with E-state index < -0.39 is 6.04 Å². The molecule has 154 valence electrons. The molecule has 30 heavy (non-hydrogen) atoms. The van der Waals surface area contributed by atoms with Gasteiger partial charge in [-0.1, -0.05) is 48.5 Å². The summed E-state index contributed by atoms with van der Waals surface area (Å²) in [5, 5.41) is 10.2. The first-order chi connectivity index (χ1) is 14.5. The molecule has 0 aliphatic heterocycles. The van der Waals surface area contributed by atoms with Crippen LogP contribution in [0.4, 0.5) is 0 Å². The zero-order valence-corrected chi connectivity index (χ0v) is 17.4. The van der Waals surface area contributed by atoms with Gasteiger partial charge in [0.05, 0.1) is 11.4 Å².